The molecule has 0 bridgehead atoms. The van der Waals surface area contributed by atoms with Gasteiger partial charge >= 0.3 is 6.03 Å². The second-order valence-corrected chi connectivity index (χ2v) is 7.97. The van der Waals surface area contributed by atoms with Crippen molar-refractivity contribution in [2.75, 3.05) is 11.9 Å². The van der Waals surface area contributed by atoms with E-state index in [4.69, 9.17) is 0 Å². The summed E-state index contributed by atoms with van der Waals surface area (Å²) in [6.07, 6.45) is 2.83. The van der Waals surface area contributed by atoms with Gasteiger partial charge in [0.2, 0.25) is 0 Å². The summed E-state index contributed by atoms with van der Waals surface area (Å²) in [7, 11) is 0. The summed E-state index contributed by atoms with van der Waals surface area (Å²) >= 11 is 0. The van der Waals surface area contributed by atoms with Gasteiger partial charge in [-0.25, -0.2) is 9.18 Å². The number of aryl methyl sites for hydroxylation is 1. The van der Waals surface area contributed by atoms with Crippen LogP contribution in [-0.4, -0.2) is 22.0 Å². The van der Waals surface area contributed by atoms with Crippen LogP contribution in [0.2, 0.25) is 0 Å². The summed E-state index contributed by atoms with van der Waals surface area (Å²) in [6.45, 7) is 7.98. The van der Waals surface area contributed by atoms with Crippen LogP contribution < -0.4 is 5.32 Å². The first-order valence-corrected chi connectivity index (χ1v) is 10.5. The average molecular weight is 408 g/mol. The quantitative estimate of drug-likeness (QED) is 0.494. The lowest BCUT2D eigenvalue weighted by Gasteiger charge is -2.26. The molecule has 0 radical (unpaired) electrons. The number of aromatic nitrogens is 1. The fourth-order valence-electron chi connectivity index (χ4n) is 3.58. The molecule has 0 aliphatic carbocycles. The Morgan fingerprint density at radius 2 is 1.90 bits per heavy atom. The molecule has 3 aromatic rings. The number of nitrogens with one attached hydrogen (secondary N) is 1. The summed E-state index contributed by atoms with van der Waals surface area (Å²) < 4.78 is 15.6. The smallest absolute Gasteiger partial charge is 0.322 e. The van der Waals surface area contributed by atoms with Gasteiger partial charge in [-0.15, -0.1) is 0 Å². The van der Waals surface area contributed by atoms with Crippen molar-refractivity contribution in [3.05, 3.63) is 89.5 Å². The molecule has 1 N–H and O–H groups in total. The van der Waals surface area contributed by atoms with Gasteiger partial charge in [-0.05, 0) is 53.8 Å². The van der Waals surface area contributed by atoms with E-state index in [0.717, 1.165) is 28.9 Å². The third kappa shape index (κ3) is 5.72. The highest BCUT2D eigenvalue weighted by Crippen LogP contribution is 2.18. The maximum Gasteiger partial charge on any atom is 0.322 e. The van der Waals surface area contributed by atoms with Gasteiger partial charge in [0.15, 0.2) is 0 Å². The molecule has 0 aliphatic heterocycles. The van der Waals surface area contributed by atoms with Crippen molar-refractivity contribution < 1.29 is 9.18 Å². The third-order valence-electron chi connectivity index (χ3n) is 5.03. The fraction of sp³-hybridized carbons (Fsp3) is 0.320. The maximum absolute atomic E-state index is 13.6. The van der Waals surface area contributed by atoms with Crippen LogP contribution >= 0.6 is 0 Å². The van der Waals surface area contributed by atoms with Gasteiger partial charge in [-0.1, -0.05) is 51.1 Å². The van der Waals surface area contributed by atoms with Gasteiger partial charge in [0.1, 0.15) is 5.82 Å². The highest BCUT2D eigenvalue weighted by molar-refractivity contribution is 5.90. The molecule has 30 heavy (non-hydrogen) atoms. The van der Waals surface area contributed by atoms with E-state index in [2.05, 4.69) is 30.7 Å². The number of rotatable bonds is 8. The van der Waals surface area contributed by atoms with E-state index in [0.29, 0.717) is 25.6 Å². The van der Waals surface area contributed by atoms with Crippen LogP contribution in [0.1, 0.15) is 37.6 Å². The van der Waals surface area contributed by atoms with Crippen molar-refractivity contribution in [2.24, 2.45) is 5.92 Å². The monoisotopic (exact) mass is 407 g/mol. The molecule has 5 heteroatoms. The zero-order valence-corrected chi connectivity index (χ0v) is 17.9. The predicted octanol–water partition coefficient (Wildman–Crippen LogP) is 5.93. The van der Waals surface area contributed by atoms with Gasteiger partial charge in [0.05, 0.1) is 6.54 Å². The van der Waals surface area contributed by atoms with Crippen molar-refractivity contribution in [1.82, 2.24) is 9.47 Å². The van der Waals surface area contributed by atoms with E-state index >= 15 is 0 Å². The number of amides is 2. The van der Waals surface area contributed by atoms with E-state index in [9.17, 15) is 9.18 Å². The molecule has 0 unspecified atom stereocenters. The Morgan fingerprint density at radius 1 is 1.10 bits per heavy atom. The normalized spacial score (nSPS) is 11.0. The molecule has 1 heterocycles. The third-order valence-corrected chi connectivity index (χ3v) is 5.03. The first kappa shape index (κ1) is 21.6. The van der Waals surface area contributed by atoms with Crippen LogP contribution in [-0.2, 0) is 19.5 Å². The van der Waals surface area contributed by atoms with Gasteiger partial charge < -0.3 is 14.8 Å². The van der Waals surface area contributed by atoms with E-state index in [1.807, 2.05) is 53.6 Å². The molecule has 0 atom stereocenters. The first-order valence-electron chi connectivity index (χ1n) is 10.5. The minimum Gasteiger partial charge on any atom is -0.345 e. The fourth-order valence-corrected chi connectivity index (χ4v) is 3.58. The minimum absolute atomic E-state index is 0.108. The standard InChI is InChI=1S/C25H30FN3O/c1-4-21-10-5-6-13-24(21)27-25(30)29(16-19(2)3)18-23-12-8-14-28(23)17-20-9-7-11-22(26)15-20/h5-15,19H,4,16-18H2,1-3H3,(H,27,30). The van der Waals surface area contributed by atoms with Crippen LogP contribution in [0, 0.1) is 11.7 Å². The van der Waals surface area contributed by atoms with Gasteiger partial charge in [0.25, 0.3) is 0 Å². The van der Waals surface area contributed by atoms with E-state index in [1.54, 1.807) is 12.1 Å². The number of anilines is 1. The summed E-state index contributed by atoms with van der Waals surface area (Å²) in [5.41, 5.74) is 3.88. The molecule has 2 amide bonds. The Kier molecular flexibility index (Phi) is 7.28. The van der Waals surface area contributed by atoms with E-state index in [-0.39, 0.29) is 11.8 Å². The number of halogens is 1. The van der Waals surface area contributed by atoms with Gasteiger partial charge in [0, 0.05) is 30.7 Å². The lowest BCUT2D eigenvalue weighted by Crippen LogP contribution is -2.37. The number of benzene rings is 2. The van der Waals surface area contributed by atoms with Crippen LogP contribution in [0.4, 0.5) is 14.9 Å². The highest BCUT2D eigenvalue weighted by Gasteiger charge is 2.18. The van der Waals surface area contributed by atoms with Crippen molar-refractivity contribution >= 4 is 11.7 Å². The average Bonchev–Trinajstić information content (AvgIpc) is 3.14. The Labute approximate surface area is 178 Å². The topological polar surface area (TPSA) is 37.3 Å². The van der Waals surface area contributed by atoms with Crippen LogP contribution in [0.3, 0.4) is 0 Å². The number of urea groups is 1. The van der Waals surface area contributed by atoms with Crippen molar-refractivity contribution in [3.63, 3.8) is 0 Å². The van der Waals surface area contributed by atoms with Crippen LogP contribution in [0.25, 0.3) is 0 Å². The van der Waals surface area contributed by atoms with Crippen molar-refractivity contribution in [2.45, 2.75) is 40.3 Å². The summed E-state index contributed by atoms with van der Waals surface area (Å²) in [5, 5.41) is 3.08. The molecule has 0 saturated carbocycles. The Morgan fingerprint density at radius 3 is 2.63 bits per heavy atom. The second-order valence-electron chi connectivity index (χ2n) is 7.97. The van der Waals surface area contributed by atoms with Crippen molar-refractivity contribution in [3.8, 4) is 0 Å². The molecular weight excluding hydrogens is 377 g/mol. The summed E-state index contributed by atoms with van der Waals surface area (Å²) in [5.74, 6) is 0.0976. The zero-order chi connectivity index (χ0) is 21.5. The highest BCUT2D eigenvalue weighted by atomic mass is 19.1. The summed E-state index contributed by atoms with van der Waals surface area (Å²) in [4.78, 5) is 15.0. The Balaban J connectivity index is 1.77. The molecule has 0 aliphatic rings. The minimum atomic E-state index is -0.239. The number of hydrogen-bond acceptors (Lipinski definition) is 1. The lowest BCUT2D eigenvalue weighted by atomic mass is 10.1. The Bertz CT molecular complexity index is 980. The predicted molar refractivity (Wildman–Crippen MR) is 120 cm³/mol. The molecule has 158 valence electrons. The SMILES string of the molecule is CCc1ccccc1NC(=O)N(Cc1cccn1Cc1cccc(F)c1)CC(C)C. The molecule has 0 saturated heterocycles. The van der Waals surface area contributed by atoms with Crippen LogP contribution in [0.15, 0.2) is 66.9 Å². The zero-order valence-electron chi connectivity index (χ0n) is 17.9. The number of carbonyl (C=O) groups is 1. The molecule has 3 rings (SSSR count). The lowest BCUT2D eigenvalue weighted by molar-refractivity contribution is 0.200. The van der Waals surface area contributed by atoms with Gasteiger partial charge in [-0.2, -0.15) is 0 Å². The Hall–Kier alpha value is -3.08. The number of para-hydroxylation sites is 1. The first-order chi connectivity index (χ1) is 14.5. The van der Waals surface area contributed by atoms with Gasteiger partial charge in [-0.3, -0.25) is 0 Å². The molecular formula is C25H30FN3O. The summed E-state index contributed by atoms with van der Waals surface area (Å²) in [6, 6.07) is 18.4. The number of nitrogens with zero attached hydrogens (tertiary/aromatic N) is 2. The van der Waals surface area contributed by atoms with Crippen LogP contribution in [0.5, 0.6) is 0 Å². The maximum atomic E-state index is 13.6. The molecule has 2 aromatic carbocycles. The molecule has 4 nitrogen and oxygen atoms in total. The largest absolute Gasteiger partial charge is 0.345 e. The van der Waals surface area contributed by atoms with E-state index < -0.39 is 0 Å². The number of carbonyl (C=O) groups excluding carboxylic acids is 1. The second kappa shape index (κ2) is 10.1. The molecule has 0 spiro atoms. The van der Waals surface area contributed by atoms with E-state index in [1.165, 1.54) is 6.07 Å². The molecule has 0 fully saturated rings. The van der Waals surface area contributed by atoms with Crippen molar-refractivity contribution in [1.29, 1.82) is 0 Å². The number of hydrogen-bond donors (Lipinski definition) is 1. The molecule has 1 aromatic heterocycles.